The first-order valence-electron chi connectivity index (χ1n) is 5.25. The molecule has 1 fully saturated rings. The van der Waals surface area contributed by atoms with E-state index in [1.807, 2.05) is 0 Å². The third-order valence-corrected chi connectivity index (χ3v) is 3.93. The van der Waals surface area contributed by atoms with Gasteiger partial charge in [0.25, 0.3) is 10.0 Å². The summed E-state index contributed by atoms with van der Waals surface area (Å²) in [5, 5.41) is 6.15. The largest absolute Gasteiger partial charge is 0.381 e. The number of nitrogens with one attached hydrogen (secondary N) is 2. The van der Waals surface area contributed by atoms with Gasteiger partial charge < -0.3 is 4.74 Å². The molecule has 1 aromatic heterocycles. The van der Waals surface area contributed by atoms with Crippen LogP contribution in [-0.2, 0) is 14.8 Å². The molecule has 0 radical (unpaired) electrons. The third-order valence-electron chi connectivity index (χ3n) is 2.58. The van der Waals surface area contributed by atoms with Crippen molar-refractivity contribution in [1.29, 1.82) is 0 Å². The summed E-state index contributed by atoms with van der Waals surface area (Å²) in [4.78, 5) is 0. The van der Waals surface area contributed by atoms with Crippen molar-refractivity contribution >= 4 is 10.0 Å². The molecule has 0 saturated carbocycles. The minimum Gasteiger partial charge on any atom is -0.381 e. The molecular formula is C9H15N3O3S. The molecule has 1 aromatic rings. The summed E-state index contributed by atoms with van der Waals surface area (Å²) in [5.74, 6) is 0.270. The monoisotopic (exact) mass is 245 g/mol. The number of sulfonamides is 1. The summed E-state index contributed by atoms with van der Waals surface area (Å²) < 4.78 is 31.3. The van der Waals surface area contributed by atoms with E-state index >= 15 is 0 Å². The zero-order valence-electron chi connectivity index (χ0n) is 8.85. The van der Waals surface area contributed by atoms with E-state index in [-0.39, 0.29) is 10.9 Å². The Hall–Kier alpha value is -0.920. The minimum absolute atomic E-state index is 0.101. The molecule has 7 heteroatoms. The first-order valence-corrected chi connectivity index (χ1v) is 6.73. The lowest BCUT2D eigenvalue weighted by Crippen LogP contribution is -2.33. The lowest BCUT2D eigenvalue weighted by molar-refractivity contribution is 0.0568. The number of rotatable bonds is 4. The van der Waals surface area contributed by atoms with Crippen molar-refractivity contribution in [3.63, 3.8) is 0 Å². The van der Waals surface area contributed by atoms with Crippen molar-refractivity contribution in [2.75, 3.05) is 19.8 Å². The Labute approximate surface area is 94.4 Å². The quantitative estimate of drug-likeness (QED) is 0.789. The molecule has 1 unspecified atom stereocenters. The summed E-state index contributed by atoms with van der Waals surface area (Å²) in [5.41, 5.74) is 0. The van der Waals surface area contributed by atoms with Crippen molar-refractivity contribution in [3.8, 4) is 0 Å². The van der Waals surface area contributed by atoms with Crippen LogP contribution in [0, 0.1) is 5.92 Å². The van der Waals surface area contributed by atoms with Gasteiger partial charge in [0.05, 0.1) is 12.8 Å². The van der Waals surface area contributed by atoms with Crippen LogP contribution in [0.15, 0.2) is 17.3 Å². The van der Waals surface area contributed by atoms with Gasteiger partial charge in [-0.2, -0.15) is 5.10 Å². The molecule has 0 bridgehead atoms. The second-order valence-corrected chi connectivity index (χ2v) is 5.59. The Morgan fingerprint density at radius 3 is 3.12 bits per heavy atom. The standard InChI is InChI=1S/C9H15N3O3S/c13-16(14,9-3-4-10-12-9)11-6-8-2-1-5-15-7-8/h3-4,8,11H,1-2,5-7H2,(H,10,12). The number of H-pyrrole nitrogens is 1. The Kier molecular flexibility index (Phi) is 3.57. The average Bonchev–Trinajstić information content (AvgIpc) is 2.82. The first-order chi connectivity index (χ1) is 7.68. The molecule has 16 heavy (non-hydrogen) atoms. The molecule has 1 aliphatic heterocycles. The van der Waals surface area contributed by atoms with Crippen LogP contribution in [0.4, 0.5) is 0 Å². The number of hydrogen-bond donors (Lipinski definition) is 2. The van der Waals surface area contributed by atoms with E-state index in [4.69, 9.17) is 4.74 Å². The van der Waals surface area contributed by atoms with E-state index in [1.54, 1.807) is 0 Å². The molecule has 0 amide bonds. The van der Waals surface area contributed by atoms with E-state index in [0.717, 1.165) is 19.4 Å². The van der Waals surface area contributed by atoms with Gasteiger partial charge in [-0.3, -0.25) is 5.10 Å². The van der Waals surface area contributed by atoms with Gasteiger partial charge in [-0.05, 0) is 24.8 Å². The van der Waals surface area contributed by atoms with Crippen LogP contribution in [0.5, 0.6) is 0 Å². The Morgan fingerprint density at radius 1 is 1.62 bits per heavy atom. The maximum Gasteiger partial charge on any atom is 0.257 e. The van der Waals surface area contributed by atoms with Crippen LogP contribution < -0.4 is 4.72 Å². The molecule has 6 nitrogen and oxygen atoms in total. The Bertz CT molecular complexity index is 409. The summed E-state index contributed by atoms with van der Waals surface area (Å²) in [6, 6.07) is 1.43. The van der Waals surface area contributed by atoms with Crippen LogP contribution >= 0.6 is 0 Å². The predicted molar refractivity (Wildman–Crippen MR) is 57.3 cm³/mol. The SMILES string of the molecule is O=S(=O)(NCC1CCCOC1)c1ccn[nH]1. The zero-order valence-corrected chi connectivity index (χ0v) is 9.66. The topological polar surface area (TPSA) is 84.1 Å². The van der Waals surface area contributed by atoms with Crippen molar-refractivity contribution < 1.29 is 13.2 Å². The maximum atomic E-state index is 11.7. The molecule has 1 atom stereocenters. The number of aromatic amines is 1. The second-order valence-electron chi connectivity index (χ2n) is 3.86. The van der Waals surface area contributed by atoms with Gasteiger partial charge in [0, 0.05) is 13.2 Å². The predicted octanol–water partition coefficient (Wildman–Crippen LogP) is 0.115. The summed E-state index contributed by atoms with van der Waals surface area (Å²) in [6.07, 6.45) is 3.42. The minimum atomic E-state index is -3.44. The number of hydrogen-bond acceptors (Lipinski definition) is 4. The molecule has 90 valence electrons. The first kappa shape index (κ1) is 11.6. The highest BCUT2D eigenvalue weighted by molar-refractivity contribution is 7.89. The number of ether oxygens (including phenoxy) is 1. The number of nitrogens with zero attached hydrogens (tertiary/aromatic N) is 1. The molecule has 0 aromatic carbocycles. The molecular weight excluding hydrogens is 230 g/mol. The van der Waals surface area contributed by atoms with Gasteiger partial charge in [0.2, 0.25) is 0 Å². The highest BCUT2D eigenvalue weighted by Crippen LogP contribution is 2.13. The normalized spacial score (nSPS) is 22.1. The van der Waals surface area contributed by atoms with Crippen LogP contribution in [0.3, 0.4) is 0 Å². The zero-order chi connectivity index (χ0) is 11.4. The fourth-order valence-corrected chi connectivity index (χ4v) is 2.69. The molecule has 2 heterocycles. The maximum absolute atomic E-state index is 11.7. The smallest absolute Gasteiger partial charge is 0.257 e. The molecule has 0 aliphatic carbocycles. The van der Waals surface area contributed by atoms with E-state index in [9.17, 15) is 8.42 Å². The van der Waals surface area contributed by atoms with Crippen molar-refractivity contribution in [3.05, 3.63) is 12.3 Å². The van der Waals surface area contributed by atoms with Gasteiger partial charge >= 0.3 is 0 Å². The van der Waals surface area contributed by atoms with Crippen molar-refractivity contribution in [2.45, 2.75) is 17.9 Å². The highest BCUT2D eigenvalue weighted by atomic mass is 32.2. The second kappa shape index (κ2) is 4.94. The fourth-order valence-electron chi connectivity index (χ4n) is 1.67. The van der Waals surface area contributed by atoms with E-state index < -0.39 is 10.0 Å². The molecule has 2 rings (SSSR count). The van der Waals surface area contributed by atoms with Gasteiger partial charge in [0.15, 0.2) is 5.03 Å². The lowest BCUT2D eigenvalue weighted by Gasteiger charge is -2.21. The van der Waals surface area contributed by atoms with Gasteiger partial charge in [-0.25, -0.2) is 13.1 Å². The fraction of sp³-hybridized carbons (Fsp3) is 0.667. The number of aromatic nitrogens is 2. The van der Waals surface area contributed by atoms with Crippen LogP contribution in [0.25, 0.3) is 0 Å². The van der Waals surface area contributed by atoms with Gasteiger partial charge in [-0.15, -0.1) is 0 Å². The van der Waals surface area contributed by atoms with Gasteiger partial charge in [-0.1, -0.05) is 0 Å². The third kappa shape index (κ3) is 2.81. The lowest BCUT2D eigenvalue weighted by atomic mass is 10.0. The van der Waals surface area contributed by atoms with Crippen LogP contribution in [0.2, 0.25) is 0 Å². The molecule has 1 aliphatic rings. The van der Waals surface area contributed by atoms with E-state index in [0.29, 0.717) is 13.2 Å². The summed E-state index contributed by atoms with van der Waals surface area (Å²) >= 11 is 0. The Morgan fingerprint density at radius 2 is 2.50 bits per heavy atom. The summed E-state index contributed by atoms with van der Waals surface area (Å²) in [6.45, 7) is 1.83. The van der Waals surface area contributed by atoms with Crippen molar-refractivity contribution in [2.24, 2.45) is 5.92 Å². The highest BCUT2D eigenvalue weighted by Gasteiger charge is 2.19. The molecule has 0 spiro atoms. The van der Waals surface area contributed by atoms with Crippen LogP contribution in [-0.4, -0.2) is 38.4 Å². The Balaban J connectivity index is 1.89. The van der Waals surface area contributed by atoms with Gasteiger partial charge in [0.1, 0.15) is 0 Å². The van der Waals surface area contributed by atoms with Crippen molar-refractivity contribution in [1.82, 2.24) is 14.9 Å². The average molecular weight is 245 g/mol. The van der Waals surface area contributed by atoms with E-state index in [1.165, 1.54) is 12.3 Å². The summed E-state index contributed by atoms with van der Waals surface area (Å²) in [7, 11) is -3.44. The molecule has 1 saturated heterocycles. The van der Waals surface area contributed by atoms with E-state index in [2.05, 4.69) is 14.9 Å². The molecule has 2 N–H and O–H groups in total. The van der Waals surface area contributed by atoms with Crippen LogP contribution in [0.1, 0.15) is 12.8 Å².